The number of hydrogen-bond donors (Lipinski definition) is 0. The second-order valence-corrected chi connectivity index (χ2v) is 4.07. The lowest BCUT2D eigenvalue weighted by molar-refractivity contribution is 0.277. The average molecular weight is 215 g/mol. The van der Waals surface area contributed by atoms with Crippen LogP contribution in [0.3, 0.4) is 0 Å². The third kappa shape index (κ3) is 16.6. The number of nitrogens with zero attached hydrogens (tertiary/aromatic N) is 1. The van der Waals surface area contributed by atoms with E-state index in [0.29, 0.717) is 0 Å². The Balaban J connectivity index is 0. The fourth-order valence-corrected chi connectivity index (χ4v) is 1.55. The summed E-state index contributed by atoms with van der Waals surface area (Å²) in [5.74, 6) is 0. The molecule has 94 valence electrons. The monoisotopic (exact) mass is 215 g/mol. The number of piperidine rings is 1. The van der Waals surface area contributed by atoms with Crippen LogP contribution in [0.2, 0.25) is 0 Å². The molecule has 0 atom stereocenters. The summed E-state index contributed by atoms with van der Waals surface area (Å²) in [7, 11) is 2.19. The Morgan fingerprint density at radius 3 is 1.40 bits per heavy atom. The van der Waals surface area contributed by atoms with Gasteiger partial charge in [-0.2, -0.15) is 0 Å². The molecule has 1 fully saturated rings. The third-order valence-electron chi connectivity index (χ3n) is 2.54. The molecule has 0 spiro atoms. The Bertz CT molecular complexity index is 81.3. The van der Waals surface area contributed by atoms with Crippen molar-refractivity contribution >= 4 is 0 Å². The Labute approximate surface area is 98.2 Å². The van der Waals surface area contributed by atoms with E-state index in [9.17, 15) is 0 Å². The predicted octanol–water partition coefficient (Wildman–Crippen LogP) is 4.71. The molecule has 1 saturated heterocycles. The molecule has 0 aromatic carbocycles. The minimum absolute atomic E-state index is 1.32. The summed E-state index contributed by atoms with van der Waals surface area (Å²) in [6.07, 6.45) is 9.81. The van der Waals surface area contributed by atoms with Crippen LogP contribution in [-0.4, -0.2) is 25.0 Å². The topological polar surface area (TPSA) is 3.24 Å². The predicted molar refractivity (Wildman–Crippen MR) is 72.5 cm³/mol. The van der Waals surface area contributed by atoms with Crippen molar-refractivity contribution in [3.8, 4) is 0 Å². The van der Waals surface area contributed by atoms with Crippen LogP contribution in [-0.2, 0) is 0 Å². The normalized spacial score (nSPS) is 15.8. The van der Waals surface area contributed by atoms with E-state index in [2.05, 4.69) is 25.8 Å². The molecule has 1 aliphatic heterocycles. The molecule has 0 bridgehead atoms. The molecule has 0 saturated carbocycles. The van der Waals surface area contributed by atoms with Crippen LogP contribution in [0, 0.1) is 0 Å². The third-order valence-corrected chi connectivity index (χ3v) is 2.54. The molecule has 1 nitrogen and oxygen atoms in total. The van der Waals surface area contributed by atoms with Gasteiger partial charge in [0.25, 0.3) is 0 Å². The maximum atomic E-state index is 2.39. The SMILES string of the molecule is CC.CCCCCC.CN1CCCCC1. The lowest BCUT2D eigenvalue weighted by Crippen LogP contribution is -2.24. The zero-order chi connectivity index (χ0) is 11.9. The first kappa shape index (κ1) is 17.4. The van der Waals surface area contributed by atoms with Gasteiger partial charge in [-0.25, -0.2) is 0 Å². The zero-order valence-electron chi connectivity index (χ0n) is 11.8. The van der Waals surface area contributed by atoms with Crippen molar-refractivity contribution in [2.75, 3.05) is 20.1 Å². The molecule has 1 aliphatic rings. The van der Waals surface area contributed by atoms with Crippen molar-refractivity contribution in [3.63, 3.8) is 0 Å². The van der Waals surface area contributed by atoms with Gasteiger partial charge in [-0.1, -0.05) is 59.8 Å². The van der Waals surface area contributed by atoms with Gasteiger partial charge in [0.2, 0.25) is 0 Å². The van der Waals surface area contributed by atoms with Crippen molar-refractivity contribution in [1.29, 1.82) is 0 Å². The first-order valence-corrected chi connectivity index (χ1v) is 6.99. The number of likely N-dealkylation sites (tertiary alicyclic amines) is 1. The van der Waals surface area contributed by atoms with Crippen LogP contribution in [0.5, 0.6) is 0 Å². The molecule has 0 radical (unpaired) electrons. The van der Waals surface area contributed by atoms with Gasteiger partial charge in [0.15, 0.2) is 0 Å². The molecular formula is C14H33N. The van der Waals surface area contributed by atoms with Crippen molar-refractivity contribution in [2.45, 2.75) is 72.6 Å². The molecule has 0 aromatic rings. The highest BCUT2D eigenvalue weighted by Crippen LogP contribution is 2.04. The molecule has 1 heterocycles. The van der Waals surface area contributed by atoms with Crippen molar-refractivity contribution in [3.05, 3.63) is 0 Å². The molecular weight excluding hydrogens is 182 g/mol. The van der Waals surface area contributed by atoms with Gasteiger partial charge in [0.1, 0.15) is 0 Å². The molecule has 1 rings (SSSR count). The first-order chi connectivity index (χ1) is 7.31. The summed E-state index contributed by atoms with van der Waals surface area (Å²) in [5.41, 5.74) is 0. The molecule has 0 amide bonds. The summed E-state index contributed by atoms with van der Waals surface area (Å²) in [5, 5.41) is 0. The van der Waals surface area contributed by atoms with Crippen LogP contribution in [0.15, 0.2) is 0 Å². The summed E-state index contributed by atoms with van der Waals surface area (Å²) in [6, 6.07) is 0. The molecule has 15 heavy (non-hydrogen) atoms. The van der Waals surface area contributed by atoms with E-state index in [1.54, 1.807) is 0 Å². The molecule has 0 N–H and O–H groups in total. The largest absolute Gasteiger partial charge is 0.306 e. The second-order valence-electron chi connectivity index (χ2n) is 4.07. The van der Waals surface area contributed by atoms with Crippen molar-refractivity contribution < 1.29 is 0 Å². The van der Waals surface area contributed by atoms with Gasteiger partial charge in [-0.3, -0.25) is 0 Å². The fourth-order valence-electron chi connectivity index (χ4n) is 1.55. The summed E-state index contributed by atoms with van der Waals surface area (Å²) in [4.78, 5) is 2.39. The van der Waals surface area contributed by atoms with Crippen LogP contribution >= 0.6 is 0 Å². The average Bonchev–Trinajstić information content (AvgIpc) is 2.31. The first-order valence-electron chi connectivity index (χ1n) is 6.99. The molecule has 0 aliphatic carbocycles. The summed E-state index contributed by atoms with van der Waals surface area (Å²) >= 11 is 0. The number of unbranched alkanes of at least 4 members (excludes halogenated alkanes) is 3. The maximum absolute atomic E-state index is 2.39. The standard InChI is InChI=1S/C6H13N.C6H14.C2H6/c1-7-5-3-2-4-6-7;1-3-5-6-4-2;1-2/h2-6H2,1H3;3-6H2,1-2H3;1-2H3. The van der Waals surface area contributed by atoms with Crippen molar-refractivity contribution in [2.24, 2.45) is 0 Å². The Morgan fingerprint density at radius 2 is 1.20 bits per heavy atom. The Kier molecular flexibility index (Phi) is 19.0. The van der Waals surface area contributed by atoms with E-state index in [-0.39, 0.29) is 0 Å². The smallest absolute Gasteiger partial charge is 0.00218 e. The summed E-state index contributed by atoms with van der Waals surface area (Å²) < 4.78 is 0. The minimum Gasteiger partial charge on any atom is -0.306 e. The van der Waals surface area contributed by atoms with Gasteiger partial charge in [-0.15, -0.1) is 0 Å². The van der Waals surface area contributed by atoms with Gasteiger partial charge >= 0.3 is 0 Å². The Hall–Kier alpha value is -0.0400. The number of rotatable bonds is 3. The fraction of sp³-hybridized carbons (Fsp3) is 1.00. The quantitative estimate of drug-likeness (QED) is 0.616. The van der Waals surface area contributed by atoms with Crippen molar-refractivity contribution in [1.82, 2.24) is 4.90 Å². The van der Waals surface area contributed by atoms with Gasteiger partial charge in [-0.05, 0) is 33.0 Å². The lowest BCUT2D eigenvalue weighted by atomic mass is 10.1. The molecule has 0 unspecified atom stereocenters. The highest BCUT2D eigenvalue weighted by molar-refractivity contribution is 4.58. The van der Waals surface area contributed by atoms with Crippen LogP contribution in [0.1, 0.15) is 72.6 Å². The Morgan fingerprint density at radius 1 is 0.800 bits per heavy atom. The zero-order valence-corrected chi connectivity index (χ0v) is 11.8. The van der Waals surface area contributed by atoms with E-state index in [4.69, 9.17) is 0 Å². The highest BCUT2D eigenvalue weighted by Gasteiger charge is 2.02. The molecule has 1 heteroatoms. The van der Waals surface area contributed by atoms with Crippen LogP contribution in [0.4, 0.5) is 0 Å². The van der Waals surface area contributed by atoms with E-state index in [1.807, 2.05) is 13.8 Å². The second kappa shape index (κ2) is 16.4. The van der Waals surface area contributed by atoms with Gasteiger partial charge in [0, 0.05) is 0 Å². The van der Waals surface area contributed by atoms with Crippen LogP contribution < -0.4 is 0 Å². The molecule has 0 aromatic heterocycles. The van der Waals surface area contributed by atoms with E-state index < -0.39 is 0 Å². The summed E-state index contributed by atoms with van der Waals surface area (Å²) in [6.45, 7) is 11.1. The highest BCUT2D eigenvalue weighted by atomic mass is 15.1. The van der Waals surface area contributed by atoms with E-state index >= 15 is 0 Å². The minimum atomic E-state index is 1.32. The lowest BCUT2D eigenvalue weighted by Gasteiger charge is -2.20. The van der Waals surface area contributed by atoms with E-state index in [1.165, 1.54) is 58.0 Å². The van der Waals surface area contributed by atoms with E-state index in [0.717, 1.165) is 0 Å². The maximum Gasteiger partial charge on any atom is -0.00218 e. The van der Waals surface area contributed by atoms with Crippen LogP contribution in [0.25, 0.3) is 0 Å². The number of hydrogen-bond acceptors (Lipinski definition) is 1. The van der Waals surface area contributed by atoms with Gasteiger partial charge in [0.05, 0.1) is 0 Å². The van der Waals surface area contributed by atoms with Gasteiger partial charge < -0.3 is 4.90 Å².